The van der Waals surface area contributed by atoms with Gasteiger partial charge < -0.3 is 0 Å². The van der Waals surface area contributed by atoms with Gasteiger partial charge in [-0.1, -0.05) is 71.4 Å². The fourth-order valence-electron chi connectivity index (χ4n) is 2.29. The summed E-state index contributed by atoms with van der Waals surface area (Å²) in [5.74, 6) is 1.50. The Morgan fingerprint density at radius 3 is 2.67 bits per heavy atom. The van der Waals surface area contributed by atoms with Crippen molar-refractivity contribution in [2.75, 3.05) is 0 Å². The predicted molar refractivity (Wildman–Crippen MR) is 102 cm³/mol. The maximum absolute atomic E-state index is 6.22. The Kier molecular flexibility index (Phi) is 5.61. The standard InChI is InChI=1S/C18H15Cl2N3S/c1-2-10-23-17(13-7-5-8-15(19)11-13)21-22-18(23)24-12-14-6-3-4-9-16(14)20/h2-9,11H,1,10,12H2. The minimum atomic E-state index is 0.625. The van der Waals surface area contributed by atoms with Gasteiger partial charge in [-0.15, -0.1) is 16.8 Å². The van der Waals surface area contributed by atoms with Crippen molar-refractivity contribution < 1.29 is 0 Å². The Balaban J connectivity index is 1.89. The molecule has 0 unspecified atom stereocenters. The summed E-state index contributed by atoms with van der Waals surface area (Å²) in [5, 5.41) is 10.9. The summed E-state index contributed by atoms with van der Waals surface area (Å²) in [7, 11) is 0. The fourth-order valence-corrected chi connectivity index (χ4v) is 3.71. The normalized spacial score (nSPS) is 10.8. The van der Waals surface area contributed by atoms with Crippen LogP contribution in [0.4, 0.5) is 0 Å². The Hall–Kier alpha value is -1.75. The molecule has 24 heavy (non-hydrogen) atoms. The topological polar surface area (TPSA) is 30.7 Å². The van der Waals surface area contributed by atoms with E-state index in [4.69, 9.17) is 23.2 Å². The van der Waals surface area contributed by atoms with Gasteiger partial charge in [0.05, 0.1) is 0 Å². The molecule has 1 aromatic heterocycles. The second-order valence-electron chi connectivity index (χ2n) is 5.10. The molecule has 0 N–H and O–H groups in total. The molecule has 3 rings (SSSR count). The summed E-state index contributed by atoms with van der Waals surface area (Å²) >= 11 is 13.9. The number of aromatic nitrogens is 3. The largest absolute Gasteiger partial charge is 0.298 e. The van der Waals surface area contributed by atoms with Crippen LogP contribution >= 0.6 is 35.0 Å². The van der Waals surface area contributed by atoms with E-state index in [0.29, 0.717) is 11.6 Å². The van der Waals surface area contributed by atoms with Crippen molar-refractivity contribution in [3.05, 3.63) is 76.8 Å². The van der Waals surface area contributed by atoms with Crippen LogP contribution in [-0.2, 0) is 12.3 Å². The second kappa shape index (κ2) is 7.88. The van der Waals surface area contributed by atoms with Crippen LogP contribution in [0.15, 0.2) is 66.3 Å². The summed E-state index contributed by atoms with van der Waals surface area (Å²) in [5.41, 5.74) is 2.00. The number of allylic oxidation sites excluding steroid dienone is 1. The molecule has 0 spiro atoms. The second-order valence-corrected chi connectivity index (χ2v) is 6.88. The smallest absolute Gasteiger partial charge is 0.192 e. The average Bonchev–Trinajstić information content (AvgIpc) is 2.97. The molecule has 3 nitrogen and oxygen atoms in total. The summed E-state index contributed by atoms with van der Waals surface area (Å²) in [6, 6.07) is 15.4. The van der Waals surface area contributed by atoms with Crippen LogP contribution in [0.25, 0.3) is 11.4 Å². The monoisotopic (exact) mass is 375 g/mol. The van der Waals surface area contributed by atoms with Crippen LogP contribution in [0.1, 0.15) is 5.56 Å². The van der Waals surface area contributed by atoms with Gasteiger partial charge in [-0.25, -0.2) is 0 Å². The predicted octanol–water partition coefficient (Wildman–Crippen LogP) is 5.73. The first-order valence-corrected chi connectivity index (χ1v) is 9.09. The molecule has 0 aliphatic heterocycles. The zero-order valence-electron chi connectivity index (χ0n) is 12.8. The summed E-state index contributed by atoms with van der Waals surface area (Å²) < 4.78 is 2.03. The van der Waals surface area contributed by atoms with Gasteiger partial charge in [0.2, 0.25) is 0 Å². The van der Waals surface area contributed by atoms with Crippen molar-refractivity contribution in [2.24, 2.45) is 0 Å². The molecule has 0 bridgehead atoms. The van der Waals surface area contributed by atoms with E-state index < -0.39 is 0 Å². The highest BCUT2D eigenvalue weighted by molar-refractivity contribution is 7.98. The molecule has 0 aliphatic rings. The third-order valence-electron chi connectivity index (χ3n) is 3.43. The lowest BCUT2D eigenvalue weighted by molar-refractivity contribution is 0.731. The van der Waals surface area contributed by atoms with E-state index in [1.807, 2.05) is 59.2 Å². The number of nitrogens with zero attached hydrogens (tertiary/aromatic N) is 3. The lowest BCUT2D eigenvalue weighted by Gasteiger charge is -2.08. The van der Waals surface area contributed by atoms with Gasteiger partial charge in [-0.05, 0) is 23.8 Å². The van der Waals surface area contributed by atoms with Crippen LogP contribution in [0.3, 0.4) is 0 Å². The molecule has 0 saturated heterocycles. The first-order valence-electron chi connectivity index (χ1n) is 7.35. The first-order chi connectivity index (χ1) is 11.7. The van der Waals surface area contributed by atoms with Crippen molar-refractivity contribution in [1.82, 2.24) is 14.8 Å². The van der Waals surface area contributed by atoms with Crippen LogP contribution in [0.2, 0.25) is 10.0 Å². The number of halogens is 2. The summed E-state index contributed by atoms with van der Waals surface area (Å²) in [6.07, 6.45) is 1.83. The number of hydrogen-bond donors (Lipinski definition) is 0. The lowest BCUT2D eigenvalue weighted by atomic mass is 10.2. The quantitative estimate of drug-likeness (QED) is 0.407. The highest BCUT2D eigenvalue weighted by atomic mass is 35.5. The number of thioether (sulfide) groups is 1. The molecule has 6 heteroatoms. The van der Waals surface area contributed by atoms with E-state index in [2.05, 4.69) is 16.8 Å². The lowest BCUT2D eigenvalue weighted by Crippen LogP contribution is -2.00. The summed E-state index contributed by atoms with van der Waals surface area (Å²) in [6.45, 7) is 4.45. The first kappa shape index (κ1) is 17.1. The Bertz CT molecular complexity index is 861. The number of hydrogen-bond acceptors (Lipinski definition) is 3. The van der Waals surface area contributed by atoms with Crippen molar-refractivity contribution in [1.29, 1.82) is 0 Å². The molecule has 0 fully saturated rings. The van der Waals surface area contributed by atoms with Crippen LogP contribution in [-0.4, -0.2) is 14.8 Å². The SMILES string of the molecule is C=CCn1c(SCc2ccccc2Cl)nnc1-c1cccc(Cl)c1. The minimum Gasteiger partial charge on any atom is -0.298 e. The highest BCUT2D eigenvalue weighted by Gasteiger charge is 2.14. The number of rotatable bonds is 6. The van der Waals surface area contributed by atoms with Gasteiger partial charge >= 0.3 is 0 Å². The maximum atomic E-state index is 6.22. The van der Waals surface area contributed by atoms with E-state index in [9.17, 15) is 0 Å². The molecule has 0 radical (unpaired) electrons. The van der Waals surface area contributed by atoms with E-state index in [1.54, 1.807) is 11.8 Å². The van der Waals surface area contributed by atoms with Gasteiger partial charge in [0.1, 0.15) is 0 Å². The zero-order valence-corrected chi connectivity index (χ0v) is 15.2. The third-order valence-corrected chi connectivity index (χ3v) is 5.05. The molecular weight excluding hydrogens is 361 g/mol. The molecule has 0 aliphatic carbocycles. The summed E-state index contributed by atoms with van der Waals surface area (Å²) in [4.78, 5) is 0. The van der Waals surface area contributed by atoms with Crippen molar-refractivity contribution >= 4 is 35.0 Å². The Morgan fingerprint density at radius 2 is 1.92 bits per heavy atom. The average molecular weight is 376 g/mol. The van der Waals surface area contributed by atoms with Crippen LogP contribution < -0.4 is 0 Å². The third kappa shape index (κ3) is 3.83. The molecule has 0 amide bonds. The van der Waals surface area contributed by atoms with Crippen LogP contribution in [0.5, 0.6) is 0 Å². The van der Waals surface area contributed by atoms with Gasteiger partial charge in [-0.3, -0.25) is 4.57 Å². The Labute approximate surface area is 155 Å². The van der Waals surface area contributed by atoms with Crippen molar-refractivity contribution in [2.45, 2.75) is 17.5 Å². The molecule has 1 heterocycles. The van der Waals surface area contributed by atoms with Crippen molar-refractivity contribution in [3.8, 4) is 11.4 Å². The molecular formula is C18H15Cl2N3S. The maximum Gasteiger partial charge on any atom is 0.192 e. The van der Waals surface area contributed by atoms with E-state index in [-0.39, 0.29) is 0 Å². The van der Waals surface area contributed by atoms with Crippen LogP contribution in [0, 0.1) is 0 Å². The van der Waals surface area contributed by atoms with Gasteiger partial charge in [-0.2, -0.15) is 0 Å². The zero-order chi connectivity index (χ0) is 16.9. The molecule has 122 valence electrons. The van der Waals surface area contributed by atoms with Gasteiger partial charge in [0.15, 0.2) is 11.0 Å². The van der Waals surface area contributed by atoms with E-state index in [0.717, 1.165) is 32.9 Å². The minimum absolute atomic E-state index is 0.625. The number of benzene rings is 2. The van der Waals surface area contributed by atoms with Gasteiger partial charge in [0.25, 0.3) is 0 Å². The van der Waals surface area contributed by atoms with Gasteiger partial charge in [0, 0.05) is 27.9 Å². The molecule has 0 saturated carbocycles. The van der Waals surface area contributed by atoms with Crippen molar-refractivity contribution in [3.63, 3.8) is 0 Å². The molecule has 0 atom stereocenters. The highest BCUT2D eigenvalue weighted by Crippen LogP contribution is 2.29. The Morgan fingerprint density at radius 1 is 1.08 bits per heavy atom. The molecule has 2 aromatic carbocycles. The van der Waals surface area contributed by atoms with E-state index in [1.165, 1.54) is 0 Å². The van der Waals surface area contributed by atoms with E-state index >= 15 is 0 Å². The fraction of sp³-hybridized carbons (Fsp3) is 0.111. The molecule has 3 aromatic rings.